The lowest BCUT2D eigenvalue weighted by Crippen LogP contribution is -2.38. The molecule has 1 heterocycles. The molecule has 1 atom stereocenters. The largest absolute Gasteiger partial charge is 0.493 e. The summed E-state index contributed by atoms with van der Waals surface area (Å²) in [5, 5.41) is 6.14. The Kier molecular flexibility index (Phi) is 5.94. The van der Waals surface area contributed by atoms with Crippen LogP contribution in [0.3, 0.4) is 0 Å². The molecule has 0 bridgehead atoms. The number of alkyl halides is 2. The molecule has 122 valence electrons. The number of rotatable bonds is 6. The zero-order valence-electron chi connectivity index (χ0n) is 12.4. The van der Waals surface area contributed by atoms with E-state index in [-0.39, 0.29) is 17.4 Å². The number of amides is 1. The smallest absolute Gasteiger partial charge is 0.387 e. The minimum atomic E-state index is -2.94. The third-order valence-electron chi connectivity index (χ3n) is 3.59. The zero-order chi connectivity index (χ0) is 15.9. The summed E-state index contributed by atoms with van der Waals surface area (Å²) in [6.07, 6.45) is 2.19. The Morgan fingerprint density at radius 1 is 1.45 bits per heavy atom. The molecule has 0 aliphatic carbocycles. The van der Waals surface area contributed by atoms with Gasteiger partial charge in [-0.05, 0) is 50.0 Å². The highest BCUT2D eigenvalue weighted by molar-refractivity contribution is 5.94. The van der Waals surface area contributed by atoms with Crippen molar-refractivity contribution < 1.29 is 23.0 Å². The van der Waals surface area contributed by atoms with Gasteiger partial charge in [-0.1, -0.05) is 0 Å². The number of ether oxygens (including phenoxy) is 2. The van der Waals surface area contributed by atoms with Gasteiger partial charge in [-0.2, -0.15) is 8.78 Å². The van der Waals surface area contributed by atoms with Crippen LogP contribution in [-0.4, -0.2) is 39.3 Å². The number of methoxy groups -OCH3 is 1. The number of nitrogens with one attached hydrogen (secondary N) is 2. The molecule has 1 aliphatic rings. The molecular formula is C15H20F2N2O3. The lowest BCUT2D eigenvalue weighted by Gasteiger charge is -2.22. The molecule has 1 fully saturated rings. The molecule has 1 aromatic carbocycles. The standard InChI is InChI=1S/C15H20F2N2O3/c1-21-13-7-11(4-5-12(13)22-15(16)17)14(20)19-9-10-3-2-6-18-8-10/h4-5,7,10,15,18H,2-3,6,8-9H2,1H3,(H,19,20). The second-order valence-electron chi connectivity index (χ2n) is 5.17. The Morgan fingerprint density at radius 3 is 2.91 bits per heavy atom. The Morgan fingerprint density at radius 2 is 2.27 bits per heavy atom. The average molecular weight is 314 g/mol. The van der Waals surface area contributed by atoms with E-state index in [4.69, 9.17) is 4.74 Å². The van der Waals surface area contributed by atoms with Crippen LogP contribution in [0.5, 0.6) is 11.5 Å². The molecule has 1 amide bonds. The lowest BCUT2D eigenvalue weighted by molar-refractivity contribution is -0.0512. The Hall–Kier alpha value is -1.89. The van der Waals surface area contributed by atoms with E-state index in [9.17, 15) is 13.6 Å². The molecule has 2 N–H and O–H groups in total. The van der Waals surface area contributed by atoms with Crippen LogP contribution in [0, 0.1) is 5.92 Å². The molecule has 5 nitrogen and oxygen atoms in total. The maximum atomic E-state index is 12.3. The summed E-state index contributed by atoms with van der Waals surface area (Å²) in [6.45, 7) is -0.436. The van der Waals surface area contributed by atoms with Crippen molar-refractivity contribution in [2.24, 2.45) is 5.92 Å². The maximum absolute atomic E-state index is 12.3. The molecule has 1 aromatic rings. The maximum Gasteiger partial charge on any atom is 0.387 e. The Labute approximate surface area is 128 Å². The summed E-state index contributed by atoms with van der Waals surface area (Å²) in [5.74, 6) is 0.173. The molecule has 2 rings (SSSR count). The summed E-state index contributed by atoms with van der Waals surface area (Å²) >= 11 is 0. The van der Waals surface area contributed by atoms with Gasteiger partial charge in [-0.3, -0.25) is 4.79 Å². The number of hydrogen-bond donors (Lipinski definition) is 2. The van der Waals surface area contributed by atoms with Crippen molar-refractivity contribution in [3.8, 4) is 11.5 Å². The number of hydrogen-bond acceptors (Lipinski definition) is 4. The van der Waals surface area contributed by atoms with Crippen molar-refractivity contribution in [1.29, 1.82) is 0 Å². The van der Waals surface area contributed by atoms with Crippen molar-refractivity contribution in [2.45, 2.75) is 19.5 Å². The molecule has 0 aromatic heterocycles. The predicted molar refractivity (Wildman–Crippen MR) is 77.6 cm³/mol. The fraction of sp³-hybridized carbons (Fsp3) is 0.533. The molecule has 7 heteroatoms. The SMILES string of the molecule is COc1cc(C(=O)NCC2CCCNC2)ccc1OC(F)F. The Bertz CT molecular complexity index is 506. The molecule has 1 aliphatic heterocycles. The van der Waals surface area contributed by atoms with Crippen LogP contribution in [0.15, 0.2) is 18.2 Å². The molecular weight excluding hydrogens is 294 g/mol. The van der Waals surface area contributed by atoms with Gasteiger partial charge in [0.25, 0.3) is 5.91 Å². The van der Waals surface area contributed by atoms with Crippen LogP contribution < -0.4 is 20.1 Å². The topological polar surface area (TPSA) is 59.6 Å². The molecule has 1 unspecified atom stereocenters. The van der Waals surface area contributed by atoms with E-state index in [0.717, 1.165) is 25.9 Å². The first-order chi connectivity index (χ1) is 10.6. The average Bonchev–Trinajstić information content (AvgIpc) is 2.53. The third kappa shape index (κ3) is 4.56. The van der Waals surface area contributed by atoms with Gasteiger partial charge in [-0.15, -0.1) is 0 Å². The highest BCUT2D eigenvalue weighted by Crippen LogP contribution is 2.29. The van der Waals surface area contributed by atoms with Gasteiger partial charge in [0.2, 0.25) is 0 Å². The minimum Gasteiger partial charge on any atom is -0.493 e. The fourth-order valence-corrected chi connectivity index (χ4v) is 2.44. The van der Waals surface area contributed by atoms with Gasteiger partial charge in [0.05, 0.1) is 7.11 Å². The van der Waals surface area contributed by atoms with E-state index in [1.807, 2.05) is 0 Å². The van der Waals surface area contributed by atoms with Crippen LogP contribution in [0.1, 0.15) is 23.2 Å². The molecule has 22 heavy (non-hydrogen) atoms. The summed E-state index contributed by atoms with van der Waals surface area (Å²) in [4.78, 5) is 12.1. The first kappa shape index (κ1) is 16.5. The monoisotopic (exact) mass is 314 g/mol. The van der Waals surface area contributed by atoms with Gasteiger partial charge in [0.15, 0.2) is 11.5 Å². The van der Waals surface area contributed by atoms with E-state index in [0.29, 0.717) is 18.0 Å². The van der Waals surface area contributed by atoms with E-state index in [1.165, 1.54) is 25.3 Å². The quantitative estimate of drug-likeness (QED) is 0.843. The number of carbonyl (C=O) groups excluding carboxylic acids is 1. The van der Waals surface area contributed by atoms with E-state index < -0.39 is 6.61 Å². The number of benzene rings is 1. The highest BCUT2D eigenvalue weighted by atomic mass is 19.3. The second kappa shape index (κ2) is 7.93. The lowest BCUT2D eigenvalue weighted by atomic mass is 9.99. The third-order valence-corrected chi connectivity index (χ3v) is 3.59. The van der Waals surface area contributed by atoms with Crippen LogP contribution in [0.4, 0.5) is 8.78 Å². The fourth-order valence-electron chi connectivity index (χ4n) is 2.44. The number of halogens is 2. The van der Waals surface area contributed by atoms with Crippen molar-refractivity contribution in [1.82, 2.24) is 10.6 Å². The van der Waals surface area contributed by atoms with E-state index in [1.54, 1.807) is 0 Å². The predicted octanol–water partition coefficient (Wildman–Crippen LogP) is 2.03. The number of piperidine rings is 1. The van der Waals surface area contributed by atoms with Crippen LogP contribution >= 0.6 is 0 Å². The van der Waals surface area contributed by atoms with Crippen molar-refractivity contribution >= 4 is 5.91 Å². The summed E-state index contributed by atoms with van der Waals surface area (Å²) in [6, 6.07) is 4.14. The van der Waals surface area contributed by atoms with Crippen LogP contribution in [0.25, 0.3) is 0 Å². The van der Waals surface area contributed by atoms with Crippen LogP contribution in [-0.2, 0) is 0 Å². The number of carbonyl (C=O) groups is 1. The highest BCUT2D eigenvalue weighted by Gasteiger charge is 2.16. The van der Waals surface area contributed by atoms with E-state index in [2.05, 4.69) is 15.4 Å². The van der Waals surface area contributed by atoms with E-state index >= 15 is 0 Å². The van der Waals surface area contributed by atoms with Gasteiger partial charge in [-0.25, -0.2) is 0 Å². The van der Waals surface area contributed by atoms with Crippen LogP contribution in [0.2, 0.25) is 0 Å². The molecule has 0 saturated carbocycles. The van der Waals surface area contributed by atoms with Gasteiger partial charge >= 0.3 is 6.61 Å². The summed E-state index contributed by atoms with van der Waals surface area (Å²) < 4.78 is 33.8. The molecule has 1 saturated heterocycles. The van der Waals surface area contributed by atoms with Crippen molar-refractivity contribution in [3.63, 3.8) is 0 Å². The van der Waals surface area contributed by atoms with Gasteiger partial charge < -0.3 is 20.1 Å². The van der Waals surface area contributed by atoms with Crippen molar-refractivity contribution in [2.75, 3.05) is 26.7 Å². The summed E-state index contributed by atoms with van der Waals surface area (Å²) in [5.41, 5.74) is 0.349. The molecule has 0 spiro atoms. The Balaban J connectivity index is 1.96. The zero-order valence-corrected chi connectivity index (χ0v) is 12.4. The second-order valence-corrected chi connectivity index (χ2v) is 5.17. The molecule has 0 radical (unpaired) electrons. The first-order valence-corrected chi connectivity index (χ1v) is 7.22. The van der Waals surface area contributed by atoms with Gasteiger partial charge in [0, 0.05) is 12.1 Å². The van der Waals surface area contributed by atoms with Gasteiger partial charge in [0.1, 0.15) is 0 Å². The first-order valence-electron chi connectivity index (χ1n) is 7.22. The normalized spacial score (nSPS) is 18.1. The summed E-state index contributed by atoms with van der Waals surface area (Å²) in [7, 11) is 1.34. The van der Waals surface area contributed by atoms with Crippen molar-refractivity contribution in [3.05, 3.63) is 23.8 Å². The minimum absolute atomic E-state index is 0.0921.